The number of aromatic nitrogens is 6. The third kappa shape index (κ3) is 2.72. The Hall–Kier alpha value is -2.55. The van der Waals surface area contributed by atoms with Gasteiger partial charge in [-0.2, -0.15) is 20.1 Å². The van der Waals surface area contributed by atoms with Crippen LogP contribution in [0, 0.1) is 0 Å². The van der Waals surface area contributed by atoms with E-state index < -0.39 is 0 Å². The summed E-state index contributed by atoms with van der Waals surface area (Å²) in [5.41, 5.74) is 2.74. The molecule has 3 heterocycles. The van der Waals surface area contributed by atoms with Gasteiger partial charge in [0.1, 0.15) is 0 Å². The Labute approximate surface area is 119 Å². The van der Waals surface area contributed by atoms with Crippen LogP contribution in [-0.4, -0.2) is 36.8 Å². The fourth-order valence-electron chi connectivity index (χ4n) is 1.54. The number of hydrogen-bond donors (Lipinski definition) is 2. The minimum absolute atomic E-state index is 0.454. The predicted octanol–water partition coefficient (Wildman–Crippen LogP) is 1.17. The maximum atomic E-state index is 4.33. The van der Waals surface area contributed by atoms with Crippen molar-refractivity contribution in [3.05, 3.63) is 35.0 Å². The summed E-state index contributed by atoms with van der Waals surface area (Å²) in [5.74, 6) is 1.41. The zero-order valence-corrected chi connectivity index (χ0v) is 11.5. The van der Waals surface area contributed by atoms with E-state index in [1.807, 2.05) is 11.4 Å². The summed E-state index contributed by atoms with van der Waals surface area (Å²) < 4.78 is 1.58. The van der Waals surface area contributed by atoms with Gasteiger partial charge >= 0.3 is 0 Å². The quantitative estimate of drug-likeness (QED) is 0.727. The van der Waals surface area contributed by atoms with Gasteiger partial charge in [-0.05, 0) is 6.07 Å². The average Bonchev–Trinajstić information content (AvgIpc) is 3.17. The molecule has 20 heavy (non-hydrogen) atoms. The highest BCUT2D eigenvalue weighted by Crippen LogP contribution is 2.10. The molecule has 0 fully saturated rings. The number of rotatable bonds is 5. The fraction of sp³-hybridized carbons (Fsp3) is 0.182. The number of nitrogens with zero attached hydrogens (tertiary/aromatic N) is 6. The Morgan fingerprint density at radius 1 is 1.25 bits per heavy atom. The van der Waals surface area contributed by atoms with Gasteiger partial charge in [-0.3, -0.25) is 0 Å². The van der Waals surface area contributed by atoms with Crippen LogP contribution in [0.25, 0.3) is 5.95 Å². The number of anilines is 2. The smallest absolute Gasteiger partial charge is 0.257 e. The zero-order chi connectivity index (χ0) is 13.8. The molecule has 0 aliphatic carbocycles. The standard InChI is InChI=1S/C11H12N8S/c1-12-9-16-10(13-5-8-6-20-7-14-8)18-11(17-9)19-4-2-3-15-19/h2-4,6-7H,5H2,1H3,(H2,12,13,16,17,18). The second kappa shape index (κ2) is 5.61. The molecule has 8 nitrogen and oxygen atoms in total. The third-order valence-corrected chi connectivity index (χ3v) is 3.10. The first kappa shape index (κ1) is 12.5. The summed E-state index contributed by atoms with van der Waals surface area (Å²) >= 11 is 1.55. The predicted molar refractivity (Wildman–Crippen MR) is 75.9 cm³/mol. The highest BCUT2D eigenvalue weighted by Gasteiger charge is 2.07. The lowest BCUT2D eigenvalue weighted by Gasteiger charge is -2.07. The summed E-state index contributed by atoms with van der Waals surface area (Å²) in [5, 5.41) is 12.1. The van der Waals surface area contributed by atoms with Gasteiger partial charge in [0.15, 0.2) is 0 Å². The van der Waals surface area contributed by atoms with Gasteiger partial charge in [0, 0.05) is 24.8 Å². The molecule has 3 aromatic heterocycles. The Kier molecular flexibility index (Phi) is 3.50. The van der Waals surface area contributed by atoms with Crippen LogP contribution in [0.3, 0.4) is 0 Å². The van der Waals surface area contributed by atoms with Crippen molar-refractivity contribution >= 4 is 23.2 Å². The first-order chi connectivity index (χ1) is 9.85. The number of thiazole rings is 1. The van der Waals surface area contributed by atoms with E-state index in [1.54, 1.807) is 41.0 Å². The third-order valence-electron chi connectivity index (χ3n) is 2.47. The maximum Gasteiger partial charge on any atom is 0.257 e. The molecule has 3 rings (SSSR count). The Morgan fingerprint density at radius 2 is 2.15 bits per heavy atom. The maximum absolute atomic E-state index is 4.33. The van der Waals surface area contributed by atoms with Crippen LogP contribution in [0.5, 0.6) is 0 Å². The van der Waals surface area contributed by atoms with Gasteiger partial charge in [-0.1, -0.05) is 0 Å². The van der Waals surface area contributed by atoms with Gasteiger partial charge in [-0.25, -0.2) is 9.67 Å². The van der Waals surface area contributed by atoms with Crippen molar-refractivity contribution < 1.29 is 0 Å². The molecule has 2 N–H and O–H groups in total. The van der Waals surface area contributed by atoms with Crippen LogP contribution in [0.2, 0.25) is 0 Å². The second-order valence-electron chi connectivity index (χ2n) is 3.82. The second-order valence-corrected chi connectivity index (χ2v) is 4.54. The molecule has 0 bridgehead atoms. The molecule has 0 saturated heterocycles. The summed E-state index contributed by atoms with van der Waals surface area (Å²) in [6.45, 7) is 0.565. The summed E-state index contributed by atoms with van der Waals surface area (Å²) in [6, 6.07) is 1.81. The van der Waals surface area contributed by atoms with Crippen molar-refractivity contribution in [3.63, 3.8) is 0 Å². The van der Waals surface area contributed by atoms with Gasteiger partial charge in [-0.15, -0.1) is 11.3 Å². The fourth-order valence-corrected chi connectivity index (χ4v) is 2.10. The average molecular weight is 288 g/mol. The molecule has 0 aromatic carbocycles. The Bertz CT molecular complexity index is 664. The van der Waals surface area contributed by atoms with Crippen LogP contribution in [0.15, 0.2) is 29.4 Å². The lowest BCUT2D eigenvalue weighted by molar-refractivity contribution is 0.796. The van der Waals surface area contributed by atoms with E-state index >= 15 is 0 Å². The largest absolute Gasteiger partial charge is 0.357 e. The van der Waals surface area contributed by atoms with E-state index in [2.05, 4.69) is 35.7 Å². The molecule has 0 spiro atoms. The highest BCUT2D eigenvalue weighted by atomic mass is 32.1. The summed E-state index contributed by atoms with van der Waals surface area (Å²) in [7, 11) is 1.76. The minimum Gasteiger partial charge on any atom is -0.357 e. The molecule has 0 amide bonds. The van der Waals surface area contributed by atoms with Crippen LogP contribution < -0.4 is 10.6 Å². The van der Waals surface area contributed by atoms with Crippen molar-refractivity contribution in [2.75, 3.05) is 17.7 Å². The van der Waals surface area contributed by atoms with Crippen LogP contribution in [0.4, 0.5) is 11.9 Å². The van der Waals surface area contributed by atoms with E-state index in [1.165, 1.54) is 0 Å². The molecular weight excluding hydrogens is 276 g/mol. The van der Waals surface area contributed by atoms with Gasteiger partial charge in [0.2, 0.25) is 11.9 Å². The molecule has 0 aliphatic heterocycles. The molecular formula is C11H12N8S. The summed E-state index contributed by atoms with van der Waals surface area (Å²) in [4.78, 5) is 17.0. The van der Waals surface area contributed by atoms with Gasteiger partial charge in [0.25, 0.3) is 5.95 Å². The lowest BCUT2D eigenvalue weighted by Crippen LogP contribution is -2.11. The van der Waals surface area contributed by atoms with Crippen molar-refractivity contribution in [3.8, 4) is 5.95 Å². The monoisotopic (exact) mass is 288 g/mol. The molecule has 0 unspecified atom stereocenters. The van der Waals surface area contributed by atoms with Gasteiger partial charge in [0.05, 0.1) is 17.7 Å². The molecule has 0 atom stereocenters. The number of nitrogens with one attached hydrogen (secondary N) is 2. The van der Waals surface area contributed by atoms with E-state index in [-0.39, 0.29) is 0 Å². The van der Waals surface area contributed by atoms with Crippen molar-refractivity contribution in [2.45, 2.75) is 6.54 Å². The Morgan fingerprint density at radius 3 is 2.85 bits per heavy atom. The zero-order valence-electron chi connectivity index (χ0n) is 10.7. The SMILES string of the molecule is CNc1nc(NCc2cscn2)nc(-n2cccn2)n1. The molecule has 0 aliphatic rings. The van der Waals surface area contributed by atoms with Crippen molar-refractivity contribution in [1.29, 1.82) is 0 Å². The molecule has 0 saturated carbocycles. The summed E-state index contributed by atoms with van der Waals surface area (Å²) in [6.07, 6.45) is 3.45. The first-order valence-electron chi connectivity index (χ1n) is 5.90. The van der Waals surface area contributed by atoms with E-state index in [9.17, 15) is 0 Å². The first-order valence-corrected chi connectivity index (χ1v) is 6.84. The lowest BCUT2D eigenvalue weighted by atomic mass is 10.5. The topological polar surface area (TPSA) is 93.4 Å². The van der Waals surface area contributed by atoms with Crippen molar-refractivity contribution in [1.82, 2.24) is 29.7 Å². The molecule has 9 heteroatoms. The Balaban J connectivity index is 1.84. The van der Waals surface area contributed by atoms with E-state index in [0.29, 0.717) is 24.4 Å². The molecule has 3 aromatic rings. The molecule has 0 radical (unpaired) electrons. The van der Waals surface area contributed by atoms with Crippen LogP contribution in [0.1, 0.15) is 5.69 Å². The van der Waals surface area contributed by atoms with E-state index in [0.717, 1.165) is 5.69 Å². The van der Waals surface area contributed by atoms with Crippen molar-refractivity contribution in [2.24, 2.45) is 0 Å². The normalized spacial score (nSPS) is 10.4. The molecule has 102 valence electrons. The number of hydrogen-bond acceptors (Lipinski definition) is 8. The van der Waals surface area contributed by atoms with E-state index in [4.69, 9.17) is 0 Å². The van der Waals surface area contributed by atoms with Crippen LogP contribution >= 0.6 is 11.3 Å². The van der Waals surface area contributed by atoms with Gasteiger partial charge < -0.3 is 10.6 Å². The minimum atomic E-state index is 0.454. The van der Waals surface area contributed by atoms with Crippen LogP contribution in [-0.2, 0) is 6.54 Å². The highest BCUT2D eigenvalue weighted by molar-refractivity contribution is 7.07.